The van der Waals surface area contributed by atoms with Gasteiger partial charge in [0.05, 0.1) is 10.1 Å². The van der Waals surface area contributed by atoms with E-state index in [1.54, 1.807) is 0 Å². The van der Waals surface area contributed by atoms with Crippen molar-refractivity contribution >= 4 is 34.8 Å². The maximum Gasteiger partial charge on any atom is 0.308 e. The van der Waals surface area contributed by atoms with E-state index < -0.39 is 11.0 Å². The molecule has 0 bridgehead atoms. The van der Waals surface area contributed by atoms with Gasteiger partial charge in [0.25, 0.3) is 0 Å². The molecule has 1 aliphatic carbocycles. The predicted molar refractivity (Wildman–Crippen MR) is 56.1 cm³/mol. The summed E-state index contributed by atoms with van der Waals surface area (Å²) < 4.78 is 26.8. The van der Waals surface area contributed by atoms with Gasteiger partial charge < -0.3 is 0 Å². The first-order chi connectivity index (χ1) is 6.42. The van der Waals surface area contributed by atoms with E-state index >= 15 is 0 Å². The number of alkyl halides is 2. The molecule has 14 heavy (non-hydrogen) atoms. The molecule has 0 atom stereocenters. The predicted octanol–water partition coefficient (Wildman–Crippen LogP) is 5.01. The van der Waals surface area contributed by atoms with E-state index in [0.717, 1.165) is 6.42 Å². The molecular formula is C9H9Cl3F2. The van der Waals surface area contributed by atoms with Crippen molar-refractivity contribution in [2.75, 3.05) is 0 Å². The third kappa shape index (κ3) is 1.93. The topological polar surface area (TPSA) is 0 Å². The van der Waals surface area contributed by atoms with Crippen LogP contribution in [0.25, 0.3) is 0 Å². The van der Waals surface area contributed by atoms with Crippen LogP contribution >= 0.6 is 34.8 Å². The Kier molecular flexibility index (Phi) is 3.84. The van der Waals surface area contributed by atoms with Crippen LogP contribution in [0.15, 0.2) is 20.7 Å². The Morgan fingerprint density at radius 3 is 2.07 bits per heavy atom. The second-order valence-corrected chi connectivity index (χ2v) is 4.23. The molecule has 0 unspecified atom stereocenters. The molecule has 1 rings (SSSR count). The van der Waals surface area contributed by atoms with E-state index in [2.05, 4.69) is 0 Å². The molecular weight excluding hydrogens is 252 g/mol. The first kappa shape index (κ1) is 12.3. The lowest BCUT2D eigenvalue weighted by Gasteiger charge is -2.14. The van der Waals surface area contributed by atoms with Gasteiger partial charge in [0.2, 0.25) is 0 Å². The number of hydrogen-bond donors (Lipinski definition) is 0. The number of allylic oxidation sites excluding steroid dienone is 4. The smallest absolute Gasteiger partial charge is 0.195 e. The van der Waals surface area contributed by atoms with Gasteiger partial charge in [-0.2, -0.15) is 8.78 Å². The maximum atomic E-state index is 13.4. The van der Waals surface area contributed by atoms with Crippen LogP contribution in [-0.2, 0) is 0 Å². The monoisotopic (exact) mass is 260 g/mol. The number of halogens is 5. The van der Waals surface area contributed by atoms with Crippen LogP contribution in [0.4, 0.5) is 8.78 Å². The Balaban J connectivity index is 2.97. The van der Waals surface area contributed by atoms with Crippen LogP contribution in [0.5, 0.6) is 0 Å². The van der Waals surface area contributed by atoms with E-state index in [-0.39, 0.29) is 22.1 Å². The number of unbranched alkanes of at least 4 members (excludes halogenated alkanes) is 1. The van der Waals surface area contributed by atoms with Crippen LogP contribution in [0.1, 0.15) is 26.2 Å². The van der Waals surface area contributed by atoms with Gasteiger partial charge in [-0.3, -0.25) is 0 Å². The van der Waals surface area contributed by atoms with Crippen LogP contribution in [0.2, 0.25) is 0 Å². The van der Waals surface area contributed by atoms with Gasteiger partial charge in [-0.25, -0.2) is 0 Å². The molecule has 1 aliphatic rings. The summed E-state index contributed by atoms with van der Waals surface area (Å²) in [5.41, 5.74) is -0.156. The van der Waals surface area contributed by atoms with E-state index in [1.165, 1.54) is 0 Å². The van der Waals surface area contributed by atoms with Crippen LogP contribution in [0.3, 0.4) is 0 Å². The number of hydrogen-bond acceptors (Lipinski definition) is 0. The second-order valence-electron chi connectivity index (χ2n) is 3.10. The van der Waals surface area contributed by atoms with E-state index in [4.69, 9.17) is 34.8 Å². The van der Waals surface area contributed by atoms with Crippen molar-refractivity contribution in [1.29, 1.82) is 0 Å². The minimum Gasteiger partial charge on any atom is -0.195 e. The summed E-state index contributed by atoms with van der Waals surface area (Å²) >= 11 is 16.6. The lowest BCUT2D eigenvalue weighted by atomic mass is 10.1. The summed E-state index contributed by atoms with van der Waals surface area (Å²) in [6.45, 7) is 1.91. The van der Waals surface area contributed by atoms with Gasteiger partial charge in [-0.05, 0) is 12.8 Å². The Hall–Kier alpha value is 0.210. The van der Waals surface area contributed by atoms with Gasteiger partial charge in [-0.1, -0.05) is 48.1 Å². The summed E-state index contributed by atoms with van der Waals surface area (Å²) in [5, 5.41) is -0.963. The lowest BCUT2D eigenvalue weighted by molar-refractivity contribution is 0.0903. The van der Waals surface area contributed by atoms with Gasteiger partial charge >= 0.3 is 5.92 Å². The van der Waals surface area contributed by atoms with Crippen molar-refractivity contribution in [2.24, 2.45) is 0 Å². The zero-order valence-corrected chi connectivity index (χ0v) is 9.78. The first-order valence-corrected chi connectivity index (χ1v) is 5.39. The van der Waals surface area contributed by atoms with Crippen LogP contribution in [0, 0.1) is 0 Å². The van der Waals surface area contributed by atoms with Crippen molar-refractivity contribution in [3.05, 3.63) is 20.7 Å². The molecule has 0 saturated heterocycles. The molecule has 80 valence electrons. The summed E-state index contributed by atoms with van der Waals surface area (Å²) in [6, 6.07) is 0. The fourth-order valence-corrected chi connectivity index (χ4v) is 2.05. The molecule has 0 spiro atoms. The lowest BCUT2D eigenvalue weighted by Crippen LogP contribution is -2.17. The van der Waals surface area contributed by atoms with E-state index in [1.807, 2.05) is 6.92 Å². The molecule has 0 aromatic rings. The third-order valence-electron chi connectivity index (χ3n) is 2.09. The highest BCUT2D eigenvalue weighted by atomic mass is 35.5. The van der Waals surface area contributed by atoms with Crippen LogP contribution in [-0.4, -0.2) is 5.92 Å². The highest BCUT2D eigenvalue weighted by molar-refractivity contribution is 6.49. The first-order valence-electron chi connectivity index (χ1n) is 4.26. The van der Waals surface area contributed by atoms with Crippen molar-refractivity contribution in [2.45, 2.75) is 32.1 Å². The molecule has 0 aromatic heterocycles. The highest BCUT2D eigenvalue weighted by Gasteiger charge is 2.46. The Morgan fingerprint density at radius 2 is 1.71 bits per heavy atom. The van der Waals surface area contributed by atoms with Gasteiger partial charge in [0.15, 0.2) is 0 Å². The SMILES string of the molecule is CCCCC1=C(Cl)C(Cl)=C(Cl)C1(F)F. The largest absolute Gasteiger partial charge is 0.308 e. The standard InChI is InChI=1S/C9H9Cl3F2/c1-2-3-4-5-6(10)7(11)8(12)9(5,13)14/h2-4H2,1H3. The van der Waals surface area contributed by atoms with Crippen molar-refractivity contribution < 1.29 is 8.78 Å². The molecule has 0 heterocycles. The Labute approximate surface area is 96.5 Å². The van der Waals surface area contributed by atoms with Gasteiger partial charge in [0.1, 0.15) is 5.03 Å². The Morgan fingerprint density at radius 1 is 1.14 bits per heavy atom. The molecule has 0 N–H and O–H groups in total. The Bertz CT molecular complexity index is 305. The number of rotatable bonds is 3. The van der Waals surface area contributed by atoms with Gasteiger partial charge in [0, 0.05) is 5.57 Å². The fraction of sp³-hybridized carbons (Fsp3) is 0.556. The summed E-state index contributed by atoms with van der Waals surface area (Å²) in [7, 11) is 0. The molecule has 0 aromatic carbocycles. The van der Waals surface area contributed by atoms with Crippen molar-refractivity contribution in [3.63, 3.8) is 0 Å². The molecule has 0 aliphatic heterocycles. The third-order valence-corrected chi connectivity index (χ3v) is 3.50. The zero-order chi connectivity index (χ0) is 10.9. The highest BCUT2D eigenvalue weighted by Crippen LogP contribution is 2.50. The average Bonchev–Trinajstić information content (AvgIpc) is 2.27. The second kappa shape index (κ2) is 4.38. The van der Waals surface area contributed by atoms with E-state index in [0.29, 0.717) is 6.42 Å². The summed E-state index contributed by atoms with van der Waals surface area (Å²) in [4.78, 5) is 0. The normalized spacial score (nSPS) is 21.0. The zero-order valence-electron chi connectivity index (χ0n) is 7.51. The van der Waals surface area contributed by atoms with Crippen molar-refractivity contribution in [3.8, 4) is 0 Å². The average molecular weight is 262 g/mol. The van der Waals surface area contributed by atoms with Crippen molar-refractivity contribution in [1.82, 2.24) is 0 Å². The molecule has 0 fully saturated rings. The minimum absolute atomic E-state index is 0.0879. The summed E-state index contributed by atoms with van der Waals surface area (Å²) in [5.74, 6) is -3.18. The summed E-state index contributed by atoms with van der Waals surface area (Å²) in [6.07, 6.45) is 1.70. The molecule has 0 amide bonds. The van der Waals surface area contributed by atoms with Crippen LogP contribution < -0.4 is 0 Å². The maximum absolute atomic E-state index is 13.4. The minimum atomic E-state index is -3.18. The van der Waals surface area contributed by atoms with E-state index in [9.17, 15) is 8.78 Å². The molecule has 0 radical (unpaired) electrons. The fourth-order valence-electron chi connectivity index (χ4n) is 1.26. The quantitative estimate of drug-likeness (QED) is 0.670. The molecule has 0 nitrogen and oxygen atoms in total. The molecule has 0 saturated carbocycles. The van der Waals surface area contributed by atoms with Gasteiger partial charge in [-0.15, -0.1) is 0 Å². The molecule has 5 heteroatoms.